The summed E-state index contributed by atoms with van der Waals surface area (Å²) in [7, 11) is 0. The molecule has 1 aromatic heterocycles. The second-order valence-electron chi connectivity index (χ2n) is 4.67. The highest BCUT2D eigenvalue weighted by molar-refractivity contribution is 5.86. The van der Waals surface area contributed by atoms with Crippen LogP contribution < -0.4 is 10.6 Å². The van der Waals surface area contributed by atoms with Crippen LogP contribution in [0.1, 0.15) is 13.3 Å². The van der Waals surface area contributed by atoms with Crippen LogP contribution in [0.3, 0.4) is 0 Å². The number of anilines is 2. The summed E-state index contributed by atoms with van der Waals surface area (Å²) in [5.41, 5.74) is 8.03. The molecular formula is C13H17N3O2. The minimum absolute atomic E-state index is 0.194. The Morgan fingerprint density at radius 3 is 3.17 bits per heavy atom. The predicted molar refractivity (Wildman–Crippen MR) is 70.7 cm³/mol. The number of nitrogens with zero attached hydrogens (tertiary/aromatic N) is 2. The monoisotopic (exact) mass is 247 g/mol. The maximum absolute atomic E-state index is 5.89. The van der Waals surface area contributed by atoms with Gasteiger partial charge in [-0.1, -0.05) is 6.07 Å². The molecule has 1 aliphatic rings. The SMILES string of the molecule is CC1CN(c2nc3c(N)cccc3o2)CCCO1. The summed E-state index contributed by atoms with van der Waals surface area (Å²) in [6.07, 6.45) is 1.18. The summed E-state index contributed by atoms with van der Waals surface area (Å²) >= 11 is 0. The molecule has 0 spiro atoms. The highest BCUT2D eigenvalue weighted by Crippen LogP contribution is 2.26. The first-order valence-corrected chi connectivity index (χ1v) is 6.25. The summed E-state index contributed by atoms with van der Waals surface area (Å²) in [5, 5.41) is 0. The molecule has 5 nitrogen and oxygen atoms in total. The topological polar surface area (TPSA) is 64.5 Å². The van der Waals surface area contributed by atoms with E-state index in [1.807, 2.05) is 18.2 Å². The van der Waals surface area contributed by atoms with Gasteiger partial charge >= 0.3 is 0 Å². The van der Waals surface area contributed by atoms with E-state index in [0.29, 0.717) is 11.7 Å². The van der Waals surface area contributed by atoms with Crippen molar-refractivity contribution in [3.05, 3.63) is 18.2 Å². The molecule has 1 unspecified atom stereocenters. The third kappa shape index (κ3) is 2.01. The van der Waals surface area contributed by atoms with Gasteiger partial charge in [0.05, 0.1) is 11.8 Å². The smallest absolute Gasteiger partial charge is 0.298 e. The third-order valence-electron chi connectivity index (χ3n) is 3.16. The van der Waals surface area contributed by atoms with E-state index in [2.05, 4.69) is 16.8 Å². The van der Waals surface area contributed by atoms with Crippen LogP contribution in [-0.2, 0) is 4.74 Å². The molecule has 1 aliphatic heterocycles. The summed E-state index contributed by atoms with van der Waals surface area (Å²) in [4.78, 5) is 6.61. The lowest BCUT2D eigenvalue weighted by Gasteiger charge is -2.19. The van der Waals surface area contributed by atoms with E-state index >= 15 is 0 Å². The van der Waals surface area contributed by atoms with Gasteiger partial charge in [-0.2, -0.15) is 4.98 Å². The van der Waals surface area contributed by atoms with Crippen LogP contribution >= 0.6 is 0 Å². The van der Waals surface area contributed by atoms with Gasteiger partial charge in [-0.25, -0.2) is 0 Å². The fourth-order valence-corrected chi connectivity index (χ4v) is 2.26. The number of oxazole rings is 1. The summed E-state index contributed by atoms with van der Waals surface area (Å²) in [5.74, 6) is 0. The molecule has 0 aliphatic carbocycles. The Bertz CT molecular complexity index is 552. The van der Waals surface area contributed by atoms with E-state index in [9.17, 15) is 0 Å². The number of aromatic nitrogens is 1. The molecule has 1 aromatic carbocycles. The third-order valence-corrected chi connectivity index (χ3v) is 3.16. The molecule has 0 bridgehead atoms. The normalized spacial score (nSPS) is 21.2. The van der Waals surface area contributed by atoms with Crippen molar-refractivity contribution in [3.63, 3.8) is 0 Å². The second-order valence-corrected chi connectivity index (χ2v) is 4.67. The molecular weight excluding hydrogens is 230 g/mol. The number of nitrogens with two attached hydrogens (primary N) is 1. The Hall–Kier alpha value is -1.75. The van der Waals surface area contributed by atoms with Crippen molar-refractivity contribution in [3.8, 4) is 0 Å². The number of rotatable bonds is 1. The number of hydrogen-bond donors (Lipinski definition) is 1. The van der Waals surface area contributed by atoms with Crippen LogP contribution in [-0.4, -0.2) is 30.8 Å². The fraction of sp³-hybridized carbons (Fsp3) is 0.462. The highest BCUT2D eigenvalue weighted by Gasteiger charge is 2.20. The molecule has 18 heavy (non-hydrogen) atoms. The van der Waals surface area contributed by atoms with Crippen molar-refractivity contribution in [1.29, 1.82) is 0 Å². The van der Waals surface area contributed by atoms with Crippen LogP contribution in [0.15, 0.2) is 22.6 Å². The number of ether oxygens (including phenoxy) is 1. The standard InChI is InChI=1S/C13H17N3O2/c1-9-8-16(6-3-7-17-9)13-15-12-10(14)4-2-5-11(12)18-13/h2,4-5,9H,3,6-8,14H2,1H3. The Balaban J connectivity index is 1.95. The minimum atomic E-state index is 0.194. The lowest BCUT2D eigenvalue weighted by atomic mass is 10.3. The van der Waals surface area contributed by atoms with E-state index in [0.717, 1.165) is 37.2 Å². The molecule has 1 fully saturated rings. The van der Waals surface area contributed by atoms with Gasteiger partial charge in [0.15, 0.2) is 5.58 Å². The van der Waals surface area contributed by atoms with Gasteiger partial charge in [-0.05, 0) is 25.5 Å². The van der Waals surface area contributed by atoms with Crippen LogP contribution in [0.5, 0.6) is 0 Å². The molecule has 2 aromatic rings. The van der Waals surface area contributed by atoms with Gasteiger partial charge in [0.2, 0.25) is 0 Å². The summed E-state index contributed by atoms with van der Waals surface area (Å²) in [6.45, 7) is 4.55. The molecule has 0 saturated carbocycles. The van der Waals surface area contributed by atoms with Crippen molar-refractivity contribution in [1.82, 2.24) is 4.98 Å². The Morgan fingerprint density at radius 2 is 2.33 bits per heavy atom. The molecule has 2 heterocycles. The average Bonchev–Trinajstić information content (AvgIpc) is 2.67. The zero-order valence-corrected chi connectivity index (χ0v) is 10.4. The van der Waals surface area contributed by atoms with Crippen LogP contribution in [0.4, 0.5) is 11.7 Å². The fourth-order valence-electron chi connectivity index (χ4n) is 2.26. The average molecular weight is 247 g/mol. The van der Waals surface area contributed by atoms with E-state index in [1.165, 1.54) is 0 Å². The van der Waals surface area contributed by atoms with Crippen molar-refractivity contribution in [2.45, 2.75) is 19.4 Å². The number of fused-ring (bicyclic) bond motifs is 1. The molecule has 96 valence electrons. The first kappa shape index (κ1) is 11.3. The van der Waals surface area contributed by atoms with Crippen molar-refractivity contribution in [2.75, 3.05) is 30.3 Å². The van der Waals surface area contributed by atoms with E-state index in [1.54, 1.807) is 0 Å². The molecule has 2 N–H and O–H groups in total. The Labute approximate surface area is 106 Å². The number of benzene rings is 1. The Kier molecular flexibility index (Phi) is 2.83. The van der Waals surface area contributed by atoms with Crippen LogP contribution in [0, 0.1) is 0 Å². The van der Waals surface area contributed by atoms with Crippen molar-refractivity contribution >= 4 is 22.8 Å². The Morgan fingerprint density at radius 1 is 1.44 bits per heavy atom. The summed E-state index contributed by atoms with van der Waals surface area (Å²) < 4.78 is 11.4. The molecule has 0 amide bonds. The molecule has 0 radical (unpaired) electrons. The van der Waals surface area contributed by atoms with Gasteiger partial charge < -0.3 is 19.8 Å². The first-order chi connectivity index (χ1) is 8.74. The van der Waals surface area contributed by atoms with Crippen molar-refractivity contribution in [2.24, 2.45) is 0 Å². The minimum Gasteiger partial charge on any atom is -0.423 e. The van der Waals surface area contributed by atoms with E-state index in [4.69, 9.17) is 14.9 Å². The lowest BCUT2D eigenvalue weighted by Crippen LogP contribution is -2.30. The maximum atomic E-state index is 5.89. The van der Waals surface area contributed by atoms with Gasteiger partial charge in [0.1, 0.15) is 5.52 Å². The number of para-hydroxylation sites is 1. The largest absolute Gasteiger partial charge is 0.423 e. The summed E-state index contributed by atoms with van der Waals surface area (Å²) in [6, 6.07) is 6.24. The molecule has 1 saturated heterocycles. The zero-order chi connectivity index (χ0) is 12.5. The predicted octanol–water partition coefficient (Wildman–Crippen LogP) is 2.03. The van der Waals surface area contributed by atoms with Gasteiger partial charge in [0, 0.05) is 19.7 Å². The molecule has 5 heteroatoms. The lowest BCUT2D eigenvalue weighted by molar-refractivity contribution is 0.0818. The molecule has 1 atom stereocenters. The second kappa shape index (κ2) is 4.49. The quantitative estimate of drug-likeness (QED) is 0.781. The van der Waals surface area contributed by atoms with Crippen LogP contribution in [0.25, 0.3) is 11.1 Å². The number of nitrogen functional groups attached to an aromatic ring is 1. The van der Waals surface area contributed by atoms with Gasteiger partial charge in [-0.15, -0.1) is 0 Å². The maximum Gasteiger partial charge on any atom is 0.298 e. The van der Waals surface area contributed by atoms with Crippen molar-refractivity contribution < 1.29 is 9.15 Å². The van der Waals surface area contributed by atoms with E-state index < -0.39 is 0 Å². The van der Waals surface area contributed by atoms with E-state index in [-0.39, 0.29) is 6.10 Å². The van der Waals surface area contributed by atoms with Gasteiger partial charge in [0.25, 0.3) is 6.01 Å². The van der Waals surface area contributed by atoms with Crippen LogP contribution in [0.2, 0.25) is 0 Å². The number of hydrogen-bond acceptors (Lipinski definition) is 5. The zero-order valence-electron chi connectivity index (χ0n) is 10.4. The highest BCUT2D eigenvalue weighted by atomic mass is 16.5. The molecule has 3 rings (SSSR count). The first-order valence-electron chi connectivity index (χ1n) is 6.25. The van der Waals surface area contributed by atoms with Gasteiger partial charge in [-0.3, -0.25) is 0 Å².